The smallest absolute Gasteiger partial charge is 0.320 e. The fraction of sp³-hybridized carbons (Fsp3) is 0.211. The largest absolute Gasteiger partial charge is 0.480 e. The van der Waals surface area contributed by atoms with Crippen LogP contribution in [0, 0.1) is 5.82 Å². The van der Waals surface area contributed by atoms with Gasteiger partial charge in [-0.15, -0.1) is 0 Å². The van der Waals surface area contributed by atoms with Gasteiger partial charge in [0.2, 0.25) is 5.91 Å². The summed E-state index contributed by atoms with van der Waals surface area (Å²) in [5.74, 6) is -1.66. The molecule has 1 aliphatic rings. The molecule has 0 aromatic heterocycles. The Morgan fingerprint density at radius 1 is 1.21 bits per heavy atom. The van der Waals surface area contributed by atoms with Crippen LogP contribution in [0.4, 0.5) is 9.18 Å². The molecule has 1 heterocycles. The first-order valence-corrected chi connectivity index (χ1v) is 9.25. The lowest BCUT2D eigenvalue weighted by atomic mass is 10.1. The van der Waals surface area contributed by atoms with Crippen molar-refractivity contribution in [2.45, 2.75) is 24.1 Å². The normalized spacial score (nSPS) is 17.3. The van der Waals surface area contributed by atoms with E-state index in [4.69, 9.17) is 15.6 Å². The Morgan fingerprint density at radius 2 is 1.89 bits per heavy atom. The quantitative estimate of drug-likeness (QED) is 0.649. The number of amides is 2. The van der Waals surface area contributed by atoms with E-state index in [-0.39, 0.29) is 24.5 Å². The van der Waals surface area contributed by atoms with Gasteiger partial charge in [0.25, 0.3) is 5.24 Å². The second-order valence-electron chi connectivity index (χ2n) is 6.25. The van der Waals surface area contributed by atoms with Crippen molar-refractivity contribution in [1.29, 1.82) is 0 Å². The maximum absolute atomic E-state index is 14.3. The number of benzene rings is 2. The van der Waals surface area contributed by atoms with Crippen molar-refractivity contribution in [3.05, 3.63) is 59.4 Å². The molecule has 7 nitrogen and oxygen atoms in total. The summed E-state index contributed by atoms with van der Waals surface area (Å²) in [6, 6.07) is 9.89. The monoisotopic (exact) mass is 404 g/mol. The minimum Gasteiger partial charge on any atom is -0.480 e. The maximum atomic E-state index is 14.3. The highest BCUT2D eigenvalue weighted by atomic mass is 32.2. The highest BCUT2D eigenvalue weighted by molar-refractivity contribution is 8.15. The molecule has 0 radical (unpaired) electrons. The maximum Gasteiger partial charge on any atom is 0.320 e. The van der Waals surface area contributed by atoms with Crippen molar-refractivity contribution in [3.63, 3.8) is 0 Å². The predicted molar refractivity (Wildman–Crippen MR) is 101 cm³/mol. The zero-order chi connectivity index (χ0) is 20.3. The van der Waals surface area contributed by atoms with Crippen LogP contribution in [0.3, 0.4) is 0 Å². The first-order valence-electron chi connectivity index (χ1n) is 8.37. The van der Waals surface area contributed by atoms with Crippen molar-refractivity contribution in [2.75, 3.05) is 0 Å². The molecule has 2 atom stereocenters. The molecule has 0 spiro atoms. The lowest BCUT2D eigenvalue weighted by Gasteiger charge is -2.11. The number of carbonyl (C=O) groups is 3. The highest BCUT2D eigenvalue weighted by Gasteiger charge is 2.31. The van der Waals surface area contributed by atoms with E-state index < -0.39 is 28.3 Å². The third kappa shape index (κ3) is 4.87. The minimum atomic E-state index is -1.08. The number of imide groups is 1. The number of nitrogens with two attached hydrogens (primary N) is 1. The van der Waals surface area contributed by atoms with E-state index in [0.29, 0.717) is 11.3 Å². The summed E-state index contributed by atoms with van der Waals surface area (Å²) in [4.78, 5) is 33.6. The summed E-state index contributed by atoms with van der Waals surface area (Å²) in [6.07, 6.45) is 0.409. The molecule has 9 heteroatoms. The predicted octanol–water partition coefficient (Wildman–Crippen LogP) is 2.47. The zero-order valence-electron chi connectivity index (χ0n) is 14.6. The summed E-state index contributed by atoms with van der Waals surface area (Å²) in [7, 11) is 0. The average Bonchev–Trinajstić information content (AvgIpc) is 2.96. The van der Waals surface area contributed by atoms with Crippen LogP contribution in [-0.4, -0.2) is 33.5 Å². The number of nitrogens with one attached hydrogen (secondary N) is 1. The Hall–Kier alpha value is -2.91. The third-order valence-corrected chi connectivity index (χ3v) is 5.09. The number of halogens is 1. The first-order chi connectivity index (χ1) is 13.3. The van der Waals surface area contributed by atoms with Crippen molar-refractivity contribution in [2.24, 2.45) is 5.73 Å². The molecule has 4 N–H and O–H groups in total. The molecule has 1 unspecified atom stereocenters. The van der Waals surface area contributed by atoms with Crippen LogP contribution in [0.15, 0.2) is 42.5 Å². The van der Waals surface area contributed by atoms with Gasteiger partial charge in [-0.3, -0.25) is 19.7 Å². The lowest BCUT2D eigenvalue weighted by Crippen LogP contribution is -2.32. The first kappa shape index (κ1) is 19.8. The van der Waals surface area contributed by atoms with Crippen molar-refractivity contribution in [3.8, 4) is 11.5 Å². The minimum absolute atomic E-state index is 0.0124. The number of hydrogen-bond acceptors (Lipinski definition) is 6. The molecule has 1 saturated heterocycles. The molecule has 2 aromatic carbocycles. The zero-order valence-corrected chi connectivity index (χ0v) is 15.4. The van der Waals surface area contributed by atoms with Crippen LogP contribution in [0.5, 0.6) is 11.5 Å². The molecule has 3 rings (SSSR count). The Bertz CT molecular complexity index is 919. The lowest BCUT2D eigenvalue weighted by molar-refractivity contribution is -0.138. The third-order valence-electron chi connectivity index (χ3n) is 4.11. The van der Waals surface area contributed by atoms with Crippen LogP contribution < -0.4 is 15.8 Å². The second-order valence-corrected chi connectivity index (χ2v) is 7.42. The van der Waals surface area contributed by atoms with Crippen LogP contribution in [-0.2, 0) is 22.4 Å². The number of carboxylic acid groups (broad SMARTS) is 1. The molecule has 1 aliphatic heterocycles. The van der Waals surface area contributed by atoms with Crippen LogP contribution in [0.2, 0.25) is 0 Å². The van der Waals surface area contributed by atoms with Gasteiger partial charge >= 0.3 is 5.97 Å². The molecule has 0 bridgehead atoms. The van der Waals surface area contributed by atoms with E-state index in [0.717, 1.165) is 17.3 Å². The van der Waals surface area contributed by atoms with Crippen LogP contribution in [0.25, 0.3) is 0 Å². The van der Waals surface area contributed by atoms with Crippen molar-refractivity contribution in [1.82, 2.24) is 5.32 Å². The number of hydrogen-bond donors (Lipinski definition) is 3. The van der Waals surface area contributed by atoms with Gasteiger partial charge < -0.3 is 15.6 Å². The van der Waals surface area contributed by atoms with Crippen LogP contribution in [0.1, 0.15) is 11.1 Å². The number of aliphatic carboxylic acids is 1. The number of carboxylic acids is 1. The molecule has 146 valence electrons. The van der Waals surface area contributed by atoms with Gasteiger partial charge in [-0.25, -0.2) is 4.39 Å². The molecule has 2 aromatic rings. The van der Waals surface area contributed by atoms with E-state index in [1.807, 2.05) is 0 Å². The van der Waals surface area contributed by atoms with Crippen molar-refractivity contribution >= 4 is 28.9 Å². The fourth-order valence-corrected chi connectivity index (χ4v) is 3.52. The summed E-state index contributed by atoms with van der Waals surface area (Å²) in [5, 5.41) is 10.1. The molecule has 0 aliphatic carbocycles. The summed E-state index contributed by atoms with van der Waals surface area (Å²) in [6.45, 7) is 0. The van der Waals surface area contributed by atoms with E-state index in [1.54, 1.807) is 30.3 Å². The van der Waals surface area contributed by atoms with Gasteiger partial charge in [-0.2, -0.15) is 0 Å². The average molecular weight is 404 g/mol. The summed E-state index contributed by atoms with van der Waals surface area (Å²) < 4.78 is 19.9. The molecule has 2 amide bonds. The molecule has 1 fully saturated rings. The molecule has 28 heavy (non-hydrogen) atoms. The van der Waals surface area contributed by atoms with Gasteiger partial charge in [0.1, 0.15) is 11.8 Å². The topological polar surface area (TPSA) is 119 Å². The summed E-state index contributed by atoms with van der Waals surface area (Å²) in [5.41, 5.74) is 6.79. The number of carbonyl (C=O) groups excluding carboxylic acids is 2. The fourth-order valence-electron chi connectivity index (χ4n) is 2.66. The van der Waals surface area contributed by atoms with E-state index >= 15 is 0 Å². The highest BCUT2D eigenvalue weighted by Crippen LogP contribution is 2.28. The molecular formula is C19H17FN2O5S. The molecular weight excluding hydrogens is 387 g/mol. The summed E-state index contributed by atoms with van der Waals surface area (Å²) >= 11 is 0.889. The van der Waals surface area contributed by atoms with E-state index in [1.165, 1.54) is 12.1 Å². The Balaban J connectivity index is 1.64. The Labute approximate surface area is 164 Å². The van der Waals surface area contributed by atoms with E-state index in [9.17, 15) is 18.8 Å². The Morgan fingerprint density at radius 3 is 2.46 bits per heavy atom. The van der Waals surface area contributed by atoms with E-state index in [2.05, 4.69) is 5.32 Å². The van der Waals surface area contributed by atoms with Gasteiger partial charge in [-0.1, -0.05) is 30.0 Å². The SMILES string of the molecule is N[C@@H](Cc1ccc(Oc2ccc(CC3SC(=O)NC3=O)cc2F)cc1)C(=O)O. The number of thioether (sulfide) groups is 1. The number of rotatable bonds is 7. The van der Waals surface area contributed by atoms with Gasteiger partial charge in [0, 0.05) is 0 Å². The van der Waals surface area contributed by atoms with Gasteiger partial charge in [0.15, 0.2) is 11.6 Å². The molecule has 0 saturated carbocycles. The standard InChI is InChI=1S/C19H17FN2O5S/c20-13-7-11(9-16-17(23)22-19(26)28-16)3-6-15(13)27-12-4-1-10(2-5-12)8-14(21)18(24)25/h1-7,14,16H,8-9,21H2,(H,24,25)(H,22,23,26)/t14-,16?/m0/s1. The number of ether oxygens (including phenoxy) is 1. The van der Waals surface area contributed by atoms with Crippen LogP contribution >= 0.6 is 11.8 Å². The second kappa shape index (κ2) is 8.41. The van der Waals surface area contributed by atoms with Gasteiger partial charge in [0.05, 0.1) is 5.25 Å². The van der Waals surface area contributed by atoms with Gasteiger partial charge in [-0.05, 0) is 48.2 Å². The van der Waals surface area contributed by atoms with Crippen molar-refractivity contribution < 1.29 is 28.6 Å². The Kier molecular flexibility index (Phi) is 5.96.